The number of benzene rings is 2. The fourth-order valence-electron chi connectivity index (χ4n) is 4.39. The van der Waals surface area contributed by atoms with Crippen LogP contribution in [0.2, 0.25) is 0 Å². The van der Waals surface area contributed by atoms with E-state index in [1.807, 2.05) is 28.8 Å². The van der Waals surface area contributed by atoms with Crippen LogP contribution in [0, 0.1) is 0 Å². The van der Waals surface area contributed by atoms with Gasteiger partial charge in [0.15, 0.2) is 5.78 Å². The van der Waals surface area contributed by atoms with Gasteiger partial charge < -0.3 is 25.4 Å². The first kappa shape index (κ1) is 21.9. The van der Waals surface area contributed by atoms with Gasteiger partial charge in [0.05, 0.1) is 18.7 Å². The number of amides is 1. The number of aliphatic hydroxyl groups excluding tert-OH is 1. The molecule has 2 aliphatic rings. The maximum atomic E-state index is 13.2. The van der Waals surface area contributed by atoms with E-state index < -0.39 is 0 Å². The SMILES string of the molecule is O=C1CNC(=O)C(C2=CNCc3ccccc32)=C1c1cn(CCO)c2ccc(O)cc12.[Fe]. The Morgan fingerprint density at radius 3 is 2.62 bits per heavy atom. The van der Waals surface area contributed by atoms with Crippen LogP contribution in [0.3, 0.4) is 0 Å². The van der Waals surface area contributed by atoms with E-state index in [0.29, 0.717) is 40.8 Å². The molecule has 1 amide bonds. The fraction of sp³-hybridized carbons (Fsp3) is 0.167. The zero-order chi connectivity index (χ0) is 21.5. The van der Waals surface area contributed by atoms with Crippen LogP contribution in [0.5, 0.6) is 5.75 Å². The number of fused-ring (bicyclic) bond motifs is 2. The molecule has 1 aromatic heterocycles. The zero-order valence-electron chi connectivity index (χ0n) is 17.0. The Bertz CT molecular complexity index is 1310. The van der Waals surface area contributed by atoms with Crippen LogP contribution in [0.1, 0.15) is 16.7 Å². The van der Waals surface area contributed by atoms with Gasteiger partial charge in [-0.1, -0.05) is 24.3 Å². The van der Waals surface area contributed by atoms with Gasteiger partial charge in [-0.25, -0.2) is 0 Å². The van der Waals surface area contributed by atoms with Crippen molar-refractivity contribution >= 4 is 33.7 Å². The first-order valence-corrected chi connectivity index (χ1v) is 10.1. The van der Waals surface area contributed by atoms with Crippen molar-refractivity contribution in [3.05, 3.63) is 77.1 Å². The van der Waals surface area contributed by atoms with Gasteiger partial charge in [0.1, 0.15) is 5.75 Å². The molecule has 0 saturated carbocycles. The van der Waals surface area contributed by atoms with Gasteiger partial charge in [0, 0.05) is 70.2 Å². The third kappa shape index (κ3) is 3.52. The van der Waals surface area contributed by atoms with Crippen LogP contribution in [-0.4, -0.2) is 39.6 Å². The van der Waals surface area contributed by atoms with Crippen molar-refractivity contribution in [2.45, 2.75) is 13.1 Å². The maximum absolute atomic E-state index is 13.2. The Kier molecular flexibility index (Phi) is 5.93. The molecule has 7 nitrogen and oxygen atoms in total. The Labute approximate surface area is 194 Å². The number of ketones is 1. The van der Waals surface area contributed by atoms with Crippen molar-refractivity contribution in [1.29, 1.82) is 0 Å². The molecule has 32 heavy (non-hydrogen) atoms. The van der Waals surface area contributed by atoms with E-state index in [-0.39, 0.29) is 47.7 Å². The second-order valence-electron chi connectivity index (χ2n) is 7.61. The third-order valence-electron chi connectivity index (χ3n) is 5.76. The number of aromatic nitrogens is 1. The number of nitrogens with zero attached hydrogens (tertiary/aromatic N) is 1. The van der Waals surface area contributed by atoms with Crippen molar-refractivity contribution in [2.75, 3.05) is 13.2 Å². The number of carbonyl (C=O) groups excluding carboxylic acids is 2. The summed E-state index contributed by atoms with van der Waals surface area (Å²) in [6.07, 6.45) is 3.55. The molecule has 0 bridgehead atoms. The third-order valence-corrected chi connectivity index (χ3v) is 5.76. The molecule has 0 radical (unpaired) electrons. The number of carbonyl (C=O) groups is 2. The van der Waals surface area contributed by atoms with Gasteiger partial charge in [-0.2, -0.15) is 0 Å². The number of aromatic hydroxyl groups is 1. The second kappa shape index (κ2) is 8.67. The van der Waals surface area contributed by atoms with Gasteiger partial charge >= 0.3 is 0 Å². The molecule has 4 N–H and O–H groups in total. The molecule has 3 aromatic rings. The van der Waals surface area contributed by atoms with Crippen molar-refractivity contribution in [1.82, 2.24) is 15.2 Å². The molecular weight excluding hydrogens is 450 g/mol. The van der Waals surface area contributed by atoms with Gasteiger partial charge in [0.25, 0.3) is 5.91 Å². The Balaban J connectivity index is 0.00000245. The van der Waals surface area contributed by atoms with Crippen LogP contribution in [0.25, 0.3) is 22.0 Å². The first-order valence-electron chi connectivity index (χ1n) is 10.1. The number of hydrogen-bond donors (Lipinski definition) is 4. The monoisotopic (exact) mass is 471 g/mol. The predicted molar refractivity (Wildman–Crippen MR) is 117 cm³/mol. The zero-order valence-corrected chi connectivity index (χ0v) is 18.1. The van der Waals surface area contributed by atoms with Crippen LogP contribution in [0.4, 0.5) is 0 Å². The van der Waals surface area contributed by atoms with Crippen LogP contribution in [-0.2, 0) is 39.7 Å². The summed E-state index contributed by atoms with van der Waals surface area (Å²) in [4.78, 5) is 26.2. The molecule has 0 spiro atoms. The summed E-state index contributed by atoms with van der Waals surface area (Å²) < 4.78 is 1.83. The number of phenols is 1. The van der Waals surface area contributed by atoms with Gasteiger partial charge in [0.2, 0.25) is 0 Å². The molecule has 2 aliphatic heterocycles. The average Bonchev–Trinajstić information content (AvgIpc) is 3.12. The van der Waals surface area contributed by atoms with Crippen molar-refractivity contribution < 1.29 is 36.9 Å². The Morgan fingerprint density at radius 2 is 1.81 bits per heavy atom. The van der Waals surface area contributed by atoms with Crippen molar-refractivity contribution in [2.24, 2.45) is 0 Å². The smallest absolute Gasteiger partial charge is 0.253 e. The second-order valence-corrected chi connectivity index (χ2v) is 7.61. The average molecular weight is 471 g/mol. The predicted octanol–water partition coefficient (Wildman–Crippen LogP) is 1.93. The first-order chi connectivity index (χ1) is 15.1. The Hall–Kier alpha value is -3.32. The molecule has 0 unspecified atom stereocenters. The number of aliphatic hydroxyl groups is 1. The number of phenolic OH excluding ortho intramolecular Hbond substituents is 1. The number of hydrogen-bond acceptors (Lipinski definition) is 5. The summed E-state index contributed by atoms with van der Waals surface area (Å²) >= 11 is 0. The molecule has 5 rings (SSSR count). The molecule has 0 aliphatic carbocycles. The van der Waals surface area contributed by atoms with E-state index >= 15 is 0 Å². The molecule has 8 heteroatoms. The number of Topliss-reactive ketones (excluding diaryl/α,β-unsaturated/α-hetero) is 1. The van der Waals surface area contributed by atoms with E-state index in [4.69, 9.17) is 0 Å². The minimum atomic E-state index is -0.317. The van der Waals surface area contributed by atoms with Crippen molar-refractivity contribution in [3.8, 4) is 5.75 Å². The van der Waals surface area contributed by atoms with Gasteiger partial charge in [-0.3, -0.25) is 9.59 Å². The topological polar surface area (TPSA) is 104 Å². The van der Waals surface area contributed by atoms with E-state index in [0.717, 1.165) is 16.6 Å². The normalized spacial score (nSPS) is 15.6. The van der Waals surface area contributed by atoms with E-state index in [2.05, 4.69) is 10.6 Å². The summed E-state index contributed by atoms with van der Waals surface area (Å²) in [6, 6.07) is 12.7. The molecule has 0 fully saturated rings. The van der Waals surface area contributed by atoms with E-state index in [1.165, 1.54) is 0 Å². The molecule has 2 aromatic carbocycles. The molecule has 164 valence electrons. The maximum Gasteiger partial charge on any atom is 0.253 e. The van der Waals surface area contributed by atoms with Gasteiger partial charge in [-0.15, -0.1) is 0 Å². The minimum absolute atomic E-state index is 0. The number of nitrogens with one attached hydrogen (secondary N) is 2. The van der Waals surface area contributed by atoms with Crippen molar-refractivity contribution in [3.63, 3.8) is 0 Å². The summed E-state index contributed by atoms with van der Waals surface area (Å²) in [5, 5.41) is 26.1. The standard InChI is InChI=1S/C24H21N3O4.Fe/c28-8-7-27-13-19(17-9-15(29)5-6-20(17)27)22-21(30)12-26-24(31)23(22)18-11-25-10-14-3-1-2-4-16(14)18;/h1-6,9,11,13,25,28-29H,7-8,10,12H2,(H,26,31);. The van der Waals surface area contributed by atoms with E-state index in [9.17, 15) is 19.8 Å². The van der Waals surface area contributed by atoms with E-state index in [1.54, 1.807) is 30.6 Å². The number of rotatable bonds is 4. The minimum Gasteiger partial charge on any atom is -0.508 e. The van der Waals surface area contributed by atoms with Crippen LogP contribution >= 0.6 is 0 Å². The van der Waals surface area contributed by atoms with Crippen LogP contribution < -0.4 is 10.6 Å². The molecule has 0 saturated heterocycles. The summed E-state index contributed by atoms with van der Waals surface area (Å²) in [5.41, 5.74) is 4.56. The quantitative estimate of drug-likeness (QED) is 0.436. The largest absolute Gasteiger partial charge is 0.508 e. The van der Waals surface area contributed by atoms with Crippen LogP contribution in [0.15, 0.2) is 60.4 Å². The van der Waals surface area contributed by atoms with Gasteiger partial charge in [-0.05, 0) is 29.3 Å². The summed E-state index contributed by atoms with van der Waals surface area (Å²) in [6.45, 7) is 0.803. The fourth-order valence-corrected chi connectivity index (χ4v) is 4.39. The summed E-state index contributed by atoms with van der Waals surface area (Å²) in [7, 11) is 0. The molecule has 0 atom stereocenters. The summed E-state index contributed by atoms with van der Waals surface area (Å²) in [5.74, 6) is -0.457. The molecule has 3 heterocycles. The Morgan fingerprint density at radius 1 is 1.00 bits per heavy atom. The molecular formula is C24H21FeN3O4.